The van der Waals surface area contributed by atoms with Crippen LogP contribution in [0.25, 0.3) is 0 Å². The van der Waals surface area contributed by atoms with Gasteiger partial charge in [-0.15, -0.1) is 10.2 Å². The van der Waals surface area contributed by atoms with Crippen molar-refractivity contribution < 1.29 is 14.2 Å². The van der Waals surface area contributed by atoms with E-state index < -0.39 is 0 Å². The molecule has 2 aromatic carbocycles. The summed E-state index contributed by atoms with van der Waals surface area (Å²) in [6, 6.07) is 12.4. The molecule has 0 radical (unpaired) electrons. The van der Waals surface area contributed by atoms with E-state index in [4.69, 9.17) is 14.2 Å². The van der Waals surface area contributed by atoms with E-state index >= 15 is 0 Å². The van der Waals surface area contributed by atoms with Crippen molar-refractivity contribution in [2.24, 2.45) is 0 Å². The van der Waals surface area contributed by atoms with Crippen LogP contribution in [0.4, 0.5) is 5.95 Å². The maximum atomic E-state index is 6.19. The minimum atomic E-state index is -0.0868. The van der Waals surface area contributed by atoms with Crippen molar-refractivity contribution in [2.75, 3.05) is 32.2 Å². The molecule has 7 heteroatoms. The lowest BCUT2D eigenvalue weighted by atomic mass is 10.0. The molecule has 5 rings (SSSR count). The normalized spacial score (nSPS) is 17.5. The quantitative estimate of drug-likeness (QED) is 0.629. The molecule has 0 saturated heterocycles. The number of ether oxygens (including phenoxy) is 3. The van der Waals surface area contributed by atoms with E-state index in [2.05, 4.69) is 50.9 Å². The highest BCUT2D eigenvalue weighted by atomic mass is 16.5. The Morgan fingerprint density at radius 1 is 0.968 bits per heavy atom. The molecule has 3 aromatic rings. The average Bonchev–Trinajstić information content (AvgIpc) is 3.37. The predicted molar refractivity (Wildman–Crippen MR) is 118 cm³/mol. The van der Waals surface area contributed by atoms with Gasteiger partial charge in [0.2, 0.25) is 5.95 Å². The number of methoxy groups -OCH3 is 2. The first kappa shape index (κ1) is 19.7. The second-order valence-corrected chi connectivity index (χ2v) is 7.98. The Hall–Kier alpha value is -3.22. The molecule has 2 aliphatic heterocycles. The molecule has 1 aromatic heterocycles. The summed E-state index contributed by atoms with van der Waals surface area (Å²) in [5.41, 5.74) is 3.84. The summed E-state index contributed by atoms with van der Waals surface area (Å²) in [7, 11) is 3.36. The van der Waals surface area contributed by atoms with Crippen molar-refractivity contribution in [1.29, 1.82) is 0 Å². The van der Waals surface area contributed by atoms with Gasteiger partial charge in [-0.1, -0.05) is 18.2 Å². The Kier molecular flexibility index (Phi) is 5.18. The largest absolute Gasteiger partial charge is 0.493 e. The van der Waals surface area contributed by atoms with Crippen LogP contribution >= 0.6 is 0 Å². The van der Waals surface area contributed by atoms with Crippen molar-refractivity contribution in [3.05, 3.63) is 58.9 Å². The lowest BCUT2D eigenvalue weighted by Crippen LogP contribution is -2.29. The predicted octanol–water partition coefficient (Wildman–Crippen LogP) is 3.60. The Balaban J connectivity index is 1.39. The summed E-state index contributed by atoms with van der Waals surface area (Å²) in [6.45, 7) is 4.71. The zero-order chi connectivity index (χ0) is 21.4. The number of hydrogen-bond donors (Lipinski definition) is 0. The zero-order valence-electron chi connectivity index (χ0n) is 18.3. The van der Waals surface area contributed by atoms with Gasteiger partial charge in [-0.2, -0.15) is 0 Å². The SMILES string of the molecule is CCn1c(C2Cc3ccccc3O2)nnc1N1CCc2cc(OC)c(OC)cc2CC1. The minimum absolute atomic E-state index is 0.0868. The molecule has 0 aliphatic carbocycles. The molecule has 0 saturated carbocycles. The standard InChI is InChI=1S/C24H28N4O3/c1-4-28-23(22-15-18-7-5-6-8-19(18)31-22)25-26-24(28)27-11-9-16-13-20(29-2)21(30-3)14-17(16)10-12-27/h5-8,13-14,22H,4,9-12,15H2,1-3H3. The molecule has 1 atom stereocenters. The summed E-state index contributed by atoms with van der Waals surface area (Å²) in [5.74, 6) is 4.34. The first-order valence-corrected chi connectivity index (χ1v) is 10.9. The monoisotopic (exact) mass is 420 g/mol. The topological polar surface area (TPSA) is 61.6 Å². The third-order valence-corrected chi connectivity index (χ3v) is 6.30. The molecule has 0 amide bonds. The smallest absolute Gasteiger partial charge is 0.227 e. The second-order valence-electron chi connectivity index (χ2n) is 7.98. The highest BCUT2D eigenvalue weighted by molar-refractivity contribution is 5.49. The summed E-state index contributed by atoms with van der Waals surface area (Å²) in [6.07, 6.45) is 2.59. The van der Waals surface area contributed by atoms with Crippen LogP contribution in [0.15, 0.2) is 36.4 Å². The Bertz CT molecular complexity index is 1030. The first-order valence-electron chi connectivity index (χ1n) is 10.9. The van der Waals surface area contributed by atoms with Gasteiger partial charge >= 0.3 is 0 Å². The number of fused-ring (bicyclic) bond motifs is 2. The van der Waals surface area contributed by atoms with Gasteiger partial charge in [0.1, 0.15) is 5.75 Å². The van der Waals surface area contributed by atoms with Gasteiger partial charge in [0.15, 0.2) is 23.4 Å². The van der Waals surface area contributed by atoms with Gasteiger partial charge in [-0.3, -0.25) is 4.57 Å². The lowest BCUT2D eigenvalue weighted by molar-refractivity contribution is 0.221. The molecule has 0 spiro atoms. The number of hydrogen-bond acceptors (Lipinski definition) is 6. The van der Waals surface area contributed by atoms with E-state index in [1.165, 1.54) is 16.7 Å². The van der Waals surface area contributed by atoms with Crippen molar-refractivity contribution in [3.8, 4) is 17.2 Å². The maximum Gasteiger partial charge on any atom is 0.227 e. The molecule has 0 N–H and O–H groups in total. The van der Waals surface area contributed by atoms with Gasteiger partial charge < -0.3 is 19.1 Å². The molecule has 2 aliphatic rings. The Morgan fingerprint density at radius 2 is 1.65 bits per heavy atom. The van der Waals surface area contributed by atoms with Crippen LogP contribution in [-0.4, -0.2) is 42.1 Å². The van der Waals surface area contributed by atoms with Gasteiger partial charge in [-0.05, 0) is 54.7 Å². The minimum Gasteiger partial charge on any atom is -0.493 e. The van der Waals surface area contributed by atoms with Crippen LogP contribution in [0.1, 0.15) is 35.5 Å². The Labute approximate surface area is 182 Å². The molecule has 7 nitrogen and oxygen atoms in total. The van der Waals surface area contributed by atoms with E-state index in [1.807, 2.05) is 12.1 Å². The van der Waals surface area contributed by atoms with Gasteiger partial charge in [0.25, 0.3) is 0 Å². The van der Waals surface area contributed by atoms with Crippen LogP contribution in [0.2, 0.25) is 0 Å². The molecular formula is C24H28N4O3. The van der Waals surface area contributed by atoms with Crippen molar-refractivity contribution in [1.82, 2.24) is 14.8 Å². The number of rotatable bonds is 5. The molecule has 3 heterocycles. The van der Waals surface area contributed by atoms with Crippen molar-refractivity contribution in [3.63, 3.8) is 0 Å². The van der Waals surface area contributed by atoms with E-state index in [0.29, 0.717) is 0 Å². The van der Waals surface area contributed by atoms with Gasteiger partial charge in [0.05, 0.1) is 14.2 Å². The second kappa shape index (κ2) is 8.13. The van der Waals surface area contributed by atoms with E-state index in [9.17, 15) is 0 Å². The number of aromatic nitrogens is 3. The molecular weight excluding hydrogens is 392 g/mol. The Morgan fingerprint density at radius 3 is 2.26 bits per heavy atom. The third kappa shape index (κ3) is 3.48. The molecule has 0 bridgehead atoms. The van der Waals surface area contributed by atoms with Gasteiger partial charge in [-0.25, -0.2) is 0 Å². The first-order chi connectivity index (χ1) is 15.2. The van der Waals surface area contributed by atoms with E-state index in [-0.39, 0.29) is 6.10 Å². The van der Waals surface area contributed by atoms with Crippen LogP contribution in [0.3, 0.4) is 0 Å². The van der Waals surface area contributed by atoms with E-state index in [0.717, 1.165) is 67.9 Å². The fourth-order valence-corrected chi connectivity index (χ4v) is 4.66. The van der Waals surface area contributed by atoms with Crippen LogP contribution in [0.5, 0.6) is 17.2 Å². The molecule has 1 unspecified atom stereocenters. The molecule has 162 valence electrons. The summed E-state index contributed by atoms with van der Waals surface area (Å²) in [4.78, 5) is 2.33. The van der Waals surface area contributed by atoms with Crippen LogP contribution in [-0.2, 0) is 25.8 Å². The molecule has 0 fully saturated rings. The van der Waals surface area contributed by atoms with Gasteiger partial charge in [0, 0.05) is 26.1 Å². The maximum absolute atomic E-state index is 6.19. The fourth-order valence-electron chi connectivity index (χ4n) is 4.66. The lowest BCUT2D eigenvalue weighted by Gasteiger charge is -2.22. The third-order valence-electron chi connectivity index (χ3n) is 6.30. The van der Waals surface area contributed by atoms with Crippen molar-refractivity contribution in [2.45, 2.75) is 38.8 Å². The number of benzene rings is 2. The van der Waals surface area contributed by atoms with E-state index in [1.54, 1.807) is 14.2 Å². The highest BCUT2D eigenvalue weighted by Gasteiger charge is 2.31. The van der Waals surface area contributed by atoms with Crippen LogP contribution in [0, 0.1) is 0 Å². The summed E-state index contributed by atoms with van der Waals surface area (Å²) >= 11 is 0. The number of para-hydroxylation sites is 1. The highest BCUT2D eigenvalue weighted by Crippen LogP contribution is 2.37. The summed E-state index contributed by atoms with van der Waals surface area (Å²) in [5, 5.41) is 9.17. The molecule has 31 heavy (non-hydrogen) atoms. The fraction of sp³-hybridized carbons (Fsp3) is 0.417. The van der Waals surface area contributed by atoms with Crippen LogP contribution < -0.4 is 19.1 Å². The number of nitrogens with zero attached hydrogens (tertiary/aromatic N) is 4. The average molecular weight is 421 g/mol. The summed E-state index contributed by atoms with van der Waals surface area (Å²) < 4.78 is 19.4. The number of anilines is 1. The zero-order valence-corrected chi connectivity index (χ0v) is 18.3. The van der Waals surface area contributed by atoms with Crippen molar-refractivity contribution >= 4 is 5.95 Å².